The summed E-state index contributed by atoms with van der Waals surface area (Å²) in [6, 6.07) is 5.77. The fourth-order valence-electron chi connectivity index (χ4n) is 5.73. The number of carbonyl (C=O) groups is 1. The predicted molar refractivity (Wildman–Crippen MR) is 138 cm³/mol. The molecule has 2 fully saturated rings. The summed E-state index contributed by atoms with van der Waals surface area (Å²) in [5.74, 6) is 1.42. The summed E-state index contributed by atoms with van der Waals surface area (Å²) in [5, 5.41) is 14.7. The normalized spacial score (nSPS) is 22.3. The Kier molecular flexibility index (Phi) is 10.1. The first-order valence-electron chi connectivity index (χ1n) is 14.0. The summed E-state index contributed by atoms with van der Waals surface area (Å²) in [6.45, 7) is 8.43. The van der Waals surface area contributed by atoms with Gasteiger partial charge in [0.15, 0.2) is 11.5 Å². The molecule has 196 valence electrons. The number of hydrogen-bond acceptors (Lipinski definition) is 6. The zero-order valence-corrected chi connectivity index (χ0v) is 21.6. The van der Waals surface area contributed by atoms with E-state index in [0.717, 1.165) is 31.5 Å². The number of nitrogens with zero attached hydrogens (tertiary/aromatic N) is 2. The molecule has 35 heavy (non-hydrogen) atoms. The first kappa shape index (κ1) is 26.2. The highest BCUT2D eigenvalue weighted by atomic mass is 16.6. The molecule has 0 spiro atoms. The van der Waals surface area contributed by atoms with E-state index in [1.165, 1.54) is 58.0 Å². The molecule has 0 aliphatic carbocycles. The fraction of sp³-hybridized carbons (Fsp3) is 0.750. The van der Waals surface area contributed by atoms with Crippen molar-refractivity contribution >= 4 is 5.91 Å². The monoisotopic (exact) mass is 487 g/mol. The van der Waals surface area contributed by atoms with E-state index >= 15 is 0 Å². The van der Waals surface area contributed by atoms with Crippen LogP contribution >= 0.6 is 0 Å². The number of benzene rings is 1. The SMILES string of the molecule is CCCCCCCC(=O)N[C@H](CN1CCCC1CN1CCCC1)[C@H](O)c1ccc2c(c1)OCCO2. The van der Waals surface area contributed by atoms with Gasteiger partial charge < -0.3 is 24.8 Å². The standard InChI is InChI=1S/C28H45N3O4/c1-2-3-4-5-6-11-27(32)29-24(21-31-16-9-10-23(31)20-30-14-7-8-15-30)28(33)22-12-13-25-26(19-22)35-18-17-34-25/h12-13,19,23-24,28,33H,2-11,14-18,20-21H2,1H3,(H,29,32)/t23?,24-,28-/m1/s1. The number of carbonyl (C=O) groups excluding carboxylic acids is 1. The van der Waals surface area contributed by atoms with Crippen LogP contribution in [0.5, 0.6) is 11.5 Å². The molecule has 3 aliphatic heterocycles. The number of fused-ring (bicyclic) bond motifs is 1. The summed E-state index contributed by atoms with van der Waals surface area (Å²) >= 11 is 0. The van der Waals surface area contributed by atoms with Gasteiger partial charge >= 0.3 is 0 Å². The Hall–Kier alpha value is -1.83. The molecule has 3 heterocycles. The van der Waals surface area contributed by atoms with Crippen molar-refractivity contribution < 1.29 is 19.4 Å². The number of nitrogens with one attached hydrogen (secondary N) is 1. The molecule has 2 saturated heterocycles. The minimum Gasteiger partial charge on any atom is -0.486 e. The Bertz CT molecular complexity index is 798. The van der Waals surface area contributed by atoms with Crippen molar-refractivity contribution in [3.8, 4) is 11.5 Å². The van der Waals surface area contributed by atoms with Crippen molar-refractivity contribution in [1.29, 1.82) is 0 Å². The number of aliphatic hydroxyl groups excluding tert-OH is 1. The van der Waals surface area contributed by atoms with Crippen molar-refractivity contribution in [3.63, 3.8) is 0 Å². The molecule has 3 atom stereocenters. The third kappa shape index (κ3) is 7.58. The van der Waals surface area contributed by atoms with Gasteiger partial charge in [-0.3, -0.25) is 9.69 Å². The lowest BCUT2D eigenvalue weighted by molar-refractivity contribution is -0.123. The number of amides is 1. The van der Waals surface area contributed by atoms with Crippen molar-refractivity contribution in [2.75, 3.05) is 45.9 Å². The third-order valence-electron chi connectivity index (χ3n) is 7.74. The average Bonchev–Trinajstić information content (AvgIpc) is 3.55. The van der Waals surface area contributed by atoms with Crippen LogP contribution in [0.3, 0.4) is 0 Å². The van der Waals surface area contributed by atoms with Crippen LogP contribution in [0.1, 0.15) is 82.8 Å². The Morgan fingerprint density at radius 2 is 1.83 bits per heavy atom. The van der Waals surface area contributed by atoms with Gasteiger partial charge in [-0.1, -0.05) is 38.7 Å². The molecular weight excluding hydrogens is 442 g/mol. The van der Waals surface area contributed by atoms with Gasteiger partial charge in [-0.15, -0.1) is 0 Å². The van der Waals surface area contributed by atoms with Crippen LogP contribution in [0.25, 0.3) is 0 Å². The molecule has 7 heteroatoms. The molecule has 1 aromatic carbocycles. The van der Waals surface area contributed by atoms with E-state index in [1.54, 1.807) is 0 Å². The van der Waals surface area contributed by atoms with Gasteiger partial charge in [-0.2, -0.15) is 0 Å². The Morgan fingerprint density at radius 3 is 2.63 bits per heavy atom. The van der Waals surface area contributed by atoms with Crippen LogP contribution in [0, 0.1) is 0 Å². The van der Waals surface area contributed by atoms with Crippen LogP contribution in [0.2, 0.25) is 0 Å². The molecule has 0 radical (unpaired) electrons. The lowest BCUT2D eigenvalue weighted by Crippen LogP contribution is -2.50. The van der Waals surface area contributed by atoms with E-state index in [1.807, 2.05) is 18.2 Å². The smallest absolute Gasteiger partial charge is 0.220 e. The largest absolute Gasteiger partial charge is 0.486 e. The lowest BCUT2D eigenvalue weighted by Gasteiger charge is -2.34. The van der Waals surface area contributed by atoms with Crippen molar-refractivity contribution in [1.82, 2.24) is 15.1 Å². The maximum atomic E-state index is 12.9. The van der Waals surface area contributed by atoms with Gasteiger partial charge in [0.25, 0.3) is 0 Å². The topological polar surface area (TPSA) is 74.3 Å². The van der Waals surface area contributed by atoms with Crippen LogP contribution in [0.15, 0.2) is 18.2 Å². The average molecular weight is 488 g/mol. The van der Waals surface area contributed by atoms with Gasteiger partial charge in [-0.25, -0.2) is 0 Å². The maximum absolute atomic E-state index is 12.9. The van der Waals surface area contributed by atoms with Crippen LogP contribution in [-0.4, -0.2) is 78.8 Å². The Morgan fingerprint density at radius 1 is 1.06 bits per heavy atom. The molecule has 7 nitrogen and oxygen atoms in total. The van der Waals surface area contributed by atoms with Gasteiger partial charge in [0, 0.05) is 25.6 Å². The highest BCUT2D eigenvalue weighted by Crippen LogP contribution is 2.34. The molecule has 1 aromatic rings. The highest BCUT2D eigenvalue weighted by molar-refractivity contribution is 5.76. The van der Waals surface area contributed by atoms with Crippen LogP contribution < -0.4 is 14.8 Å². The van der Waals surface area contributed by atoms with E-state index in [2.05, 4.69) is 22.0 Å². The molecule has 0 saturated carbocycles. The van der Waals surface area contributed by atoms with E-state index in [4.69, 9.17) is 9.47 Å². The minimum atomic E-state index is -0.803. The first-order chi connectivity index (χ1) is 17.1. The van der Waals surface area contributed by atoms with Crippen molar-refractivity contribution in [3.05, 3.63) is 23.8 Å². The third-order valence-corrected chi connectivity index (χ3v) is 7.74. The molecule has 0 aromatic heterocycles. The molecular formula is C28H45N3O4. The lowest BCUT2D eigenvalue weighted by atomic mass is 10.00. The second-order valence-corrected chi connectivity index (χ2v) is 10.5. The molecule has 3 aliphatic rings. The van der Waals surface area contributed by atoms with E-state index < -0.39 is 6.10 Å². The van der Waals surface area contributed by atoms with Crippen LogP contribution in [-0.2, 0) is 4.79 Å². The van der Waals surface area contributed by atoms with Gasteiger partial charge in [0.05, 0.1) is 6.04 Å². The number of unbranched alkanes of at least 4 members (excludes halogenated alkanes) is 4. The second-order valence-electron chi connectivity index (χ2n) is 10.5. The number of ether oxygens (including phenoxy) is 2. The Balaban J connectivity index is 1.41. The molecule has 2 N–H and O–H groups in total. The molecule has 0 bridgehead atoms. The van der Waals surface area contributed by atoms with Gasteiger partial charge in [-0.05, 0) is 69.4 Å². The second kappa shape index (κ2) is 13.5. The minimum absolute atomic E-state index is 0.0402. The van der Waals surface area contributed by atoms with Crippen molar-refractivity contribution in [2.45, 2.75) is 89.3 Å². The predicted octanol–water partition coefficient (Wildman–Crippen LogP) is 3.90. The van der Waals surface area contributed by atoms with Crippen molar-refractivity contribution in [2.24, 2.45) is 0 Å². The highest BCUT2D eigenvalue weighted by Gasteiger charge is 2.33. The maximum Gasteiger partial charge on any atom is 0.220 e. The number of aliphatic hydroxyl groups is 1. The van der Waals surface area contributed by atoms with E-state index in [9.17, 15) is 9.90 Å². The number of likely N-dealkylation sites (tertiary alicyclic amines) is 2. The zero-order chi connectivity index (χ0) is 24.5. The number of rotatable bonds is 13. The number of hydrogen-bond donors (Lipinski definition) is 2. The summed E-state index contributed by atoms with van der Waals surface area (Å²) in [5.41, 5.74) is 0.762. The quantitative estimate of drug-likeness (QED) is 0.411. The van der Waals surface area contributed by atoms with E-state index in [-0.39, 0.29) is 11.9 Å². The molecule has 1 amide bonds. The van der Waals surface area contributed by atoms with Gasteiger partial charge in [0.2, 0.25) is 5.91 Å². The summed E-state index contributed by atoms with van der Waals surface area (Å²) in [7, 11) is 0. The Labute approximate surface area is 211 Å². The van der Waals surface area contributed by atoms with E-state index in [0.29, 0.717) is 43.7 Å². The fourth-order valence-corrected chi connectivity index (χ4v) is 5.73. The first-order valence-corrected chi connectivity index (χ1v) is 14.0. The van der Waals surface area contributed by atoms with Gasteiger partial charge in [0.1, 0.15) is 19.3 Å². The van der Waals surface area contributed by atoms with Crippen LogP contribution in [0.4, 0.5) is 0 Å². The summed E-state index contributed by atoms with van der Waals surface area (Å²) in [4.78, 5) is 18.0. The molecule has 4 rings (SSSR count). The molecule has 1 unspecified atom stereocenters. The zero-order valence-electron chi connectivity index (χ0n) is 21.6. The summed E-state index contributed by atoms with van der Waals surface area (Å²) in [6.07, 6.45) is 10.3. The summed E-state index contributed by atoms with van der Waals surface area (Å²) < 4.78 is 11.4.